The fourth-order valence-corrected chi connectivity index (χ4v) is 3.30. The van der Waals surface area contributed by atoms with E-state index in [1.807, 2.05) is 47.8 Å². The van der Waals surface area contributed by atoms with Crippen LogP contribution in [0.1, 0.15) is 0 Å². The summed E-state index contributed by atoms with van der Waals surface area (Å²) in [6.45, 7) is -0.117. The minimum absolute atomic E-state index is 0.117. The van der Waals surface area contributed by atoms with Crippen LogP contribution >= 0.6 is 39.5 Å². The van der Waals surface area contributed by atoms with Gasteiger partial charge in [0, 0.05) is 15.4 Å². The van der Waals surface area contributed by atoms with E-state index < -0.39 is 0 Å². The molecule has 0 aliphatic carbocycles. The van der Waals surface area contributed by atoms with Crippen LogP contribution < -0.4 is 15.4 Å². The van der Waals surface area contributed by atoms with E-state index in [1.54, 1.807) is 12.1 Å². The average molecular weight is 448 g/mol. The second kappa shape index (κ2) is 8.88. The number of amides is 1. The maximum absolute atomic E-state index is 11.9. The number of ether oxygens (including phenoxy) is 1. The molecule has 0 saturated carbocycles. The molecule has 0 spiro atoms. The van der Waals surface area contributed by atoms with Crippen molar-refractivity contribution < 1.29 is 9.53 Å². The quantitative estimate of drug-likeness (QED) is 0.565. The van der Waals surface area contributed by atoms with Crippen LogP contribution in [-0.4, -0.2) is 22.6 Å². The topological polar surface area (TPSA) is 63.2 Å². The molecular weight excluding hydrogens is 434 g/mol. The van der Waals surface area contributed by atoms with Gasteiger partial charge in [0.2, 0.25) is 0 Å². The van der Waals surface area contributed by atoms with Gasteiger partial charge in [-0.15, -0.1) is 11.3 Å². The molecule has 0 fully saturated rings. The number of halogens is 1. The second-order valence-electron chi connectivity index (χ2n) is 5.15. The number of carbonyl (C=O) groups is 1. The Labute approximate surface area is 168 Å². The number of para-hydroxylation sites is 1. The summed E-state index contributed by atoms with van der Waals surface area (Å²) < 4.78 is 6.38. The van der Waals surface area contributed by atoms with Crippen molar-refractivity contribution in [3.63, 3.8) is 0 Å². The van der Waals surface area contributed by atoms with Gasteiger partial charge in [-0.05, 0) is 36.5 Å². The van der Waals surface area contributed by atoms with E-state index in [9.17, 15) is 4.79 Å². The third-order valence-corrected chi connectivity index (χ3v) is 4.72. The summed E-state index contributed by atoms with van der Waals surface area (Å²) in [4.78, 5) is 16.4. The molecule has 0 atom stereocenters. The lowest BCUT2D eigenvalue weighted by atomic mass is 10.2. The van der Waals surface area contributed by atoms with Crippen molar-refractivity contribution in [3.8, 4) is 17.0 Å². The van der Waals surface area contributed by atoms with Crippen molar-refractivity contribution in [2.24, 2.45) is 0 Å². The summed E-state index contributed by atoms with van der Waals surface area (Å²) >= 11 is 9.97. The highest BCUT2D eigenvalue weighted by Gasteiger charge is 2.09. The fourth-order valence-electron chi connectivity index (χ4n) is 2.04. The number of thiazole rings is 1. The van der Waals surface area contributed by atoms with Crippen molar-refractivity contribution >= 4 is 55.6 Å². The number of thiocarbonyl (C=S) groups is 1. The molecule has 26 heavy (non-hydrogen) atoms. The molecule has 2 N–H and O–H groups in total. The zero-order chi connectivity index (χ0) is 18.4. The molecule has 8 heteroatoms. The van der Waals surface area contributed by atoms with Crippen LogP contribution in [0.2, 0.25) is 0 Å². The third-order valence-electron chi connectivity index (χ3n) is 3.23. The Morgan fingerprint density at radius 1 is 1.15 bits per heavy atom. The van der Waals surface area contributed by atoms with Crippen molar-refractivity contribution in [2.75, 3.05) is 11.9 Å². The van der Waals surface area contributed by atoms with Crippen molar-refractivity contribution in [1.29, 1.82) is 0 Å². The van der Waals surface area contributed by atoms with Crippen LogP contribution in [0.25, 0.3) is 11.3 Å². The van der Waals surface area contributed by atoms with E-state index in [-0.39, 0.29) is 17.6 Å². The molecule has 132 valence electrons. The SMILES string of the molecule is O=C(COc1ccccc1)NC(=S)Nc1nc(-c2ccc(Br)cc2)cs1. The van der Waals surface area contributed by atoms with Gasteiger partial charge in [0.25, 0.3) is 5.91 Å². The molecular formula is C18H14BrN3O2S2. The zero-order valence-corrected chi connectivity index (χ0v) is 16.7. The number of carbonyl (C=O) groups excluding carboxylic acids is 1. The first-order chi connectivity index (χ1) is 12.6. The Morgan fingerprint density at radius 2 is 1.88 bits per heavy atom. The van der Waals surface area contributed by atoms with Gasteiger partial charge >= 0.3 is 0 Å². The maximum Gasteiger partial charge on any atom is 0.264 e. The van der Waals surface area contributed by atoms with Crippen LogP contribution in [0.5, 0.6) is 5.75 Å². The zero-order valence-electron chi connectivity index (χ0n) is 13.4. The molecule has 0 radical (unpaired) electrons. The Bertz CT molecular complexity index is 898. The highest BCUT2D eigenvalue weighted by atomic mass is 79.9. The first-order valence-electron chi connectivity index (χ1n) is 7.60. The normalized spacial score (nSPS) is 10.2. The van der Waals surface area contributed by atoms with Gasteiger partial charge in [0.15, 0.2) is 16.9 Å². The van der Waals surface area contributed by atoms with Crippen molar-refractivity contribution in [2.45, 2.75) is 0 Å². The lowest BCUT2D eigenvalue weighted by molar-refractivity contribution is -0.121. The fraction of sp³-hybridized carbons (Fsp3) is 0.0556. The average Bonchev–Trinajstić information content (AvgIpc) is 3.09. The number of benzene rings is 2. The first kappa shape index (κ1) is 18.5. The van der Waals surface area contributed by atoms with E-state index in [4.69, 9.17) is 17.0 Å². The minimum atomic E-state index is -0.337. The molecule has 1 heterocycles. The van der Waals surface area contributed by atoms with Gasteiger partial charge in [0.1, 0.15) is 5.75 Å². The van der Waals surface area contributed by atoms with Gasteiger partial charge in [0.05, 0.1) is 5.69 Å². The van der Waals surface area contributed by atoms with Crippen LogP contribution in [-0.2, 0) is 4.79 Å². The Kier molecular flexibility index (Phi) is 6.32. The van der Waals surface area contributed by atoms with Crippen LogP contribution in [0.4, 0.5) is 5.13 Å². The highest BCUT2D eigenvalue weighted by Crippen LogP contribution is 2.26. The number of rotatable bonds is 5. The molecule has 1 aromatic heterocycles. The molecule has 0 aliphatic rings. The molecule has 0 bridgehead atoms. The second-order valence-corrected chi connectivity index (χ2v) is 7.33. The van der Waals surface area contributed by atoms with E-state index in [0.29, 0.717) is 10.9 Å². The largest absolute Gasteiger partial charge is 0.484 e. The summed E-state index contributed by atoms with van der Waals surface area (Å²) in [5.41, 5.74) is 1.84. The minimum Gasteiger partial charge on any atom is -0.484 e. The van der Waals surface area contributed by atoms with Crippen LogP contribution in [0, 0.1) is 0 Å². The van der Waals surface area contributed by atoms with Gasteiger partial charge in [-0.2, -0.15) is 0 Å². The standard InChI is InChI=1S/C18H14BrN3O2S2/c19-13-8-6-12(7-9-13)15-11-26-18(20-15)22-17(25)21-16(23)10-24-14-4-2-1-3-5-14/h1-9,11H,10H2,(H2,20,21,22,23,25). The molecule has 3 rings (SSSR count). The molecule has 1 amide bonds. The number of nitrogens with zero attached hydrogens (tertiary/aromatic N) is 1. The molecule has 3 aromatic rings. The maximum atomic E-state index is 11.9. The Hall–Kier alpha value is -2.29. The molecule has 0 unspecified atom stereocenters. The lowest BCUT2D eigenvalue weighted by Crippen LogP contribution is -2.37. The predicted octanol–water partition coefficient (Wildman–Crippen LogP) is 4.46. The van der Waals surface area contributed by atoms with E-state index in [0.717, 1.165) is 15.7 Å². The number of aromatic nitrogens is 1. The number of anilines is 1. The van der Waals surface area contributed by atoms with Gasteiger partial charge < -0.3 is 10.1 Å². The van der Waals surface area contributed by atoms with Crippen LogP contribution in [0.15, 0.2) is 64.5 Å². The summed E-state index contributed by atoms with van der Waals surface area (Å²) in [7, 11) is 0. The summed E-state index contributed by atoms with van der Waals surface area (Å²) in [5.74, 6) is 0.289. The number of hydrogen-bond acceptors (Lipinski definition) is 5. The Balaban J connectivity index is 1.50. The van der Waals surface area contributed by atoms with Crippen LogP contribution in [0.3, 0.4) is 0 Å². The number of nitrogens with one attached hydrogen (secondary N) is 2. The van der Waals surface area contributed by atoms with E-state index >= 15 is 0 Å². The smallest absolute Gasteiger partial charge is 0.264 e. The van der Waals surface area contributed by atoms with Crippen molar-refractivity contribution in [3.05, 3.63) is 64.5 Å². The van der Waals surface area contributed by atoms with Gasteiger partial charge in [-0.25, -0.2) is 4.98 Å². The lowest BCUT2D eigenvalue weighted by Gasteiger charge is -2.08. The van der Waals surface area contributed by atoms with Crippen molar-refractivity contribution in [1.82, 2.24) is 10.3 Å². The van der Waals surface area contributed by atoms with E-state index in [2.05, 4.69) is 31.5 Å². The molecule has 0 aliphatic heterocycles. The summed E-state index contributed by atoms with van der Waals surface area (Å²) in [5, 5.41) is 8.20. The first-order valence-corrected chi connectivity index (χ1v) is 9.68. The summed E-state index contributed by atoms with van der Waals surface area (Å²) in [6.07, 6.45) is 0. The molecule has 0 saturated heterocycles. The number of hydrogen-bond donors (Lipinski definition) is 2. The highest BCUT2D eigenvalue weighted by molar-refractivity contribution is 9.10. The molecule has 2 aromatic carbocycles. The summed E-state index contributed by atoms with van der Waals surface area (Å²) in [6, 6.07) is 17.0. The third kappa shape index (κ3) is 5.35. The molecule has 5 nitrogen and oxygen atoms in total. The monoisotopic (exact) mass is 447 g/mol. The Morgan fingerprint density at radius 3 is 2.62 bits per heavy atom. The van der Waals surface area contributed by atoms with E-state index in [1.165, 1.54) is 11.3 Å². The predicted molar refractivity (Wildman–Crippen MR) is 112 cm³/mol. The van der Waals surface area contributed by atoms with Gasteiger partial charge in [-0.3, -0.25) is 10.1 Å². The van der Waals surface area contributed by atoms with Gasteiger partial charge in [-0.1, -0.05) is 46.3 Å².